The minimum absolute atomic E-state index is 0.0500. The average molecular weight is 412 g/mol. The summed E-state index contributed by atoms with van der Waals surface area (Å²) in [5.41, 5.74) is 6.30. The number of hydrogen-bond acceptors (Lipinski definition) is 4. The van der Waals surface area contributed by atoms with Crippen LogP contribution < -0.4 is 16.4 Å². The Balaban J connectivity index is 1.60. The molecule has 0 aliphatic rings. The lowest BCUT2D eigenvalue weighted by Crippen LogP contribution is -2.45. The summed E-state index contributed by atoms with van der Waals surface area (Å²) < 4.78 is 1.11. The number of benzene rings is 3. The van der Waals surface area contributed by atoms with Crippen molar-refractivity contribution < 1.29 is 9.59 Å². The summed E-state index contributed by atoms with van der Waals surface area (Å²) in [5.74, 6) is -1.60. The normalized spacial score (nSPS) is 10.8. The molecule has 0 aliphatic carbocycles. The molecule has 7 nitrogen and oxygen atoms in total. The van der Waals surface area contributed by atoms with E-state index < -0.39 is 11.8 Å². The SMILES string of the molecule is Cn1nc(C(=O)NNC(=O)C(c2ccccc2)c2ccccc2)c2ccccc2c1=O. The highest BCUT2D eigenvalue weighted by molar-refractivity contribution is 6.05. The lowest BCUT2D eigenvalue weighted by molar-refractivity contribution is -0.122. The van der Waals surface area contributed by atoms with Gasteiger partial charge in [-0.2, -0.15) is 5.10 Å². The second kappa shape index (κ2) is 8.62. The lowest BCUT2D eigenvalue weighted by Gasteiger charge is -2.18. The smallest absolute Gasteiger partial charge is 0.272 e. The van der Waals surface area contributed by atoms with Crippen molar-refractivity contribution >= 4 is 22.6 Å². The number of amides is 2. The summed E-state index contributed by atoms with van der Waals surface area (Å²) in [5, 5.41) is 4.88. The molecule has 31 heavy (non-hydrogen) atoms. The van der Waals surface area contributed by atoms with Gasteiger partial charge in [-0.15, -0.1) is 0 Å². The second-order valence-corrected chi connectivity index (χ2v) is 7.02. The van der Waals surface area contributed by atoms with Crippen molar-refractivity contribution in [3.05, 3.63) is 112 Å². The molecule has 1 heterocycles. The Bertz CT molecular complexity index is 1260. The highest BCUT2D eigenvalue weighted by atomic mass is 16.2. The molecule has 2 amide bonds. The van der Waals surface area contributed by atoms with Crippen molar-refractivity contribution in [3.8, 4) is 0 Å². The molecule has 154 valence electrons. The Morgan fingerprint density at radius 3 is 1.87 bits per heavy atom. The van der Waals surface area contributed by atoms with Crippen molar-refractivity contribution in [2.45, 2.75) is 5.92 Å². The van der Waals surface area contributed by atoms with Crippen LogP contribution in [0.2, 0.25) is 0 Å². The van der Waals surface area contributed by atoms with Crippen LogP contribution in [-0.4, -0.2) is 21.6 Å². The Morgan fingerprint density at radius 2 is 1.29 bits per heavy atom. The zero-order chi connectivity index (χ0) is 21.8. The first-order valence-corrected chi connectivity index (χ1v) is 9.72. The first kappa shape index (κ1) is 20.0. The first-order chi connectivity index (χ1) is 15.1. The molecule has 0 aliphatic heterocycles. The third-order valence-corrected chi connectivity index (χ3v) is 5.00. The molecule has 3 aromatic carbocycles. The fourth-order valence-electron chi connectivity index (χ4n) is 3.50. The van der Waals surface area contributed by atoms with Crippen LogP contribution >= 0.6 is 0 Å². The van der Waals surface area contributed by atoms with Gasteiger partial charge in [0, 0.05) is 12.4 Å². The third-order valence-electron chi connectivity index (χ3n) is 5.00. The van der Waals surface area contributed by atoms with E-state index in [1.807, 2.05) is 60.7 Å². The van der Waals surface area contributed by atoms with E-state index in [1.165, 1.54) is 7.05 Å². The first-order valence-electron chi connectivity index (χ1n) is 9.72. The third kappa shape index (κ3) is 4.06. The van der Waals surface area contributed by atoms with E-state index in [2.05, 4.69) is 16.0 Å². The Labute approximate surface area is 178 Å². The molecule has 2 N–H and O–H groups in total. The number of fused-ring (bicyclic) bond motifs is 1. The Morgan fingerprint density at radius 1 is 0.774 bits per heavy atom. The van der Waals surface area contributed by atoms with Crippen molar-refractivity contribution in [1.82, 2.24) is 20.6 Å². The minimum Gasteiger partial charge on any atom is -0.272 e. The van der Waals surface area contributed by atoms with E-state index in [9.17, 15) is 14.4 Å². The highest BCUT2D eigenvalue weighted by Gasteiger charge is 2.24. The van der Waals surface area contributed by atoms with Crippen LogP contribution in [0.3, 0.4) is 0 Å². The summed E-state index contributed by atoms with van der Waals surface area (Å²) in [6.07, 6.45) is 0. The van der Waals surface area contributed by atoms with Crippen LogP contribution in [0.25, 0.3) is 10.8 Å². The number of hydrogen-bond donors (Lipinski definition) is 2. The van der Waals surface area contributed by atoms with Gasteiger partial charge in [0.2, 0.25) is 5.91 Å². The van der Waals surface area contributed by atoms with Gasteiger partial charge in [-0.3, -0.25) is 25.2 Å². The van der Waals surface area contributed by atoms with E-state index in [-0.39, 0.29) is 17.2 Å². The number of hydrazine groups is 1. The molecule has 0 fully saturated rings. The average Bonchev–Trinajstić information content (AvgIpc) is 2.81. The standard InChI is InChI=1S/C24H20N4O3/c1-28-24(31)19-15-9-8-14-18(19)21(27-28)23(30)26-25-22(29)20(16-10-4-2-5-11-16)17-12-6-3-7-13-17/h2-15,20H,1H3,(H,25,29)(H,26,30). The van der Waals surface area contributed by atoms with Crippen LogP contribution in [0.15, 0.2) is 89.7 Å². The predicted molar refractivity (Wildman–Crippen MR) is 117 cm³/mol. The van der Waals surface area contributed by atoms with Gasteiger partial charge in [0.1, 0.15) is 0 Å². The molecule has 4 rings (SSSR count). The van der Waals surface area contributed by atoms with Gasteiger partial charge in [0.05, 0.1) is 11.3 Å². The summed E-state index contributed by atoms with van der Waals surface area (Å²) in [4.78, 5) is 38.2. The minimum atomic E-state index is -0.611. The molecule has 4 aromatic rings. The number of aromatic nitrogens is 2. The van der Waals surface area contributed by atoms with Crippen molar-refractivity contribution in [2.24, 2.45) is 7.05 Å². The molecule has 0 bridgehead atoms. The number of aryl methyl sites for hydroxylation is 1. The highest BCUT2D eigenvalue weighted by Crippen LogP contribution is 2.24. The van der Waals surface area contributed by atoms with Gasteiger partial charge in [-0.1, -0.05) is 78.9 Å². The maximum absolute atomic E-state index is 13.1. The van der Waals surface area contributed by atoms with Gasteiger partial charge < -0.3 is 0 Å². The zero-order valence-electron chi connectivity index (χ0n) is 16.8. The molecular formula is C24H20N4O3. The van der Waals surface area contributed by atoms with Gasteiger partial charge >= 0.3 is 0 Å². The molecule has 0 atom stereocenters. The number of carbonyl (C=O) groups is 2. The van der Waals surface area contributed by atoms with E-state index in [4.69, 9.17) is 0 Å². The monoisotopic (exact) mass is 412 g/mol. The molecule has 0 spiro atoms. The molecule has 0 unspecified atom stereocenters. The van der Waals surface area contributed by atoms with Gasteiger partial charge in [0.15, 0.2) is 5.69 Å². The van der Waals surface area contributed by atoms with Gasteiger partial charge in [-0.05, 0) is 17.2 Å². The fourth-order valence-corrected chi connectivity index (χ4v) is 3.50. The largest absolute Gasteiger partial charge is 0.290 e. The molecule has 0 radical (unpaired) electrons. The van der Waals surface area contributed by atoms with Gasteiger partial charge in [0.25, 0.3) is 11.5 Å². The van der Waals surface area contributed by atoms with E-state index >= 15 is 0 Å². The van der Waals surface area contributed by atoms with Crippen molar-refractivity contribution in [1.29, 1.82) is 0 Å². The maximum atomic E-state index is 13.1. The molecule has 0 saturated heterocycles. The van der Waals surface area contributed by atoms with Crippen LogP contribution in [0.5, 0.6) is 0 Å². The Hall–Kier alpha value is -4.26. The molecule has 1 aromatic heterocycles. The fraction of sp³-hybridized carbons (Fsp3) is 0.0833. The summed E-state index contributed by atoms with van der Waals surface area (Å²) >= 11 is 0. The zero-order valence-corrected chi connectivity index (χ0v) is 16.8. The van der Waals surface area contributed by atoms with Crippen LogP contribution in [-0.2, 0) is 11.8 Å². The van der Waals surface area contributed by atoms with Crippen molar-refractivity contribution in [2.75, 3.05) is 0 Å². The number of nitrogens with one attached hydrogen (secondary N) is 2. The lowest BCUT2D eigenvalue weighted by atomic mass is 9.91. The van der Waals surface area contributed by atoms with Gasteiger partial charge in [-0.25, -0.2) is 4.68 Å². The molecule has 0 saturated carbocycles. The van der Waals surface area contributed by atoms with Crippen LogP contribution in [0.1, 0.15) is 27.5 Å². The topological polar surface area (TPSA) is 93.1 Å². The Kier molecular flexibility index (Phi) is 5.57. The van der Waals surface area contributed by atoms with E-state index in [1.54, 1.807) is 24.3 Å². The summed E-state index contributed by atoms with van der Waals surface area (Å²) in [6.45, 7) is 0. The van der Waals surface area contributed by atoms with Crippen LogP contribution in [0.4, 0.5) is 0 Å². The number of nitrogens with zero attached hydrogens (tertiary/aromatic N) is 2. The van der Waals surface area contributed by atoms with E-state index in [0.29, 0.717) is 10.8 Å². The van der Waals surface area contributed by atoms with Crippen LogP contribution in [0, 0.1) is 0 Å². The molecular weight excluding hydrogens is 392 g/mol. The predicted octanol–water partition coefficient (Wildman–Crippen LogP) is 2.53. The second-order valence-electron chi connectivity index (χ2n) is 7.02. The van der Waals surface area contributed by atoms with Crippen molar-refractivity contribution in [3.63, 3.8) is 0 Å². The maximum Gasteiger partial charge on any atom is 0.290 e. The number of rotatable bonds is 4. The van der Waals surface area contributed by atoms with E-state index in [0.717, 1.165) is 15.8 Å². The quantitative estimate of drug-likeness (QED) is 0.504. The summed E-state index contributed by atoms with van der Waals surface area (Å²) in [7, 11) is 1.48. The number of carbonyl (C=O) groups excluding carboxylic acids is 2. The summed E-state index contributed by atoms with van der Waals surface area (Å²) in [6, 6.07) is 25.4. The molecule has 7 heteroatoms.